The Bertz CT molecular complexity index is 1240. The molecule has 0 aliphatic carbocycles. The van der Waals surface area contributed by atoms with E-state index in [0.29, 0.717) is 49.8 Å². The number of likely N-dealkylation sites (tertiary alicyclic amines) is 1. The molecular weight excluding hydrogens is 476 g/mol. The molecule has 1 atom stereocenters. The lowest BCUT2D eigenvalue weighted by molar-refractivity contribution is -0.0789. The van der Waals surface area contributed by atoms with Crippen molar-refractivity contribution < 1.29 is 19.1 Å². The zero-order chi connectivity index (χ0) is 26.4. The summed E-state index contributed by atoms with van der Waals surface area (Å²) in [5.41, 5.74) is 0.599. The summed E-state index contributed by atoms with van der Waals surface area (Å²) in [6.07, 6.45) is 6.73. The Morgan fingerprint density at radius 1 is 1.30 bits per heavy atom. The van der Waals surface area contributed by atoms with Crippen molar-refractivity contribution in [2.24, 2.45) is 7.05 Å². The summed E-state index contributed by atoms with van der Waals surface area (Å²) in [7, 11) is 1.84. The van der Waals surface area contributed by atoms with E-state index in [1.165, 1.54) is 0 Å². The second-order valence-corrected chi connectivity index (χ2v) is 11.1. The minimum absolute atomic E-state index is 0.0459. The van der Waals surface area contributed by atoms with Crippen molar-refractivity contribution in [3.8, 4) is 6.07 Å². The fourth-order valence-corrected chi connectivity index (χ4v) is 5.16. The molecular formula is C25H32N8O4. The molecule has 0 N–H and O–H groups in total. The Labute approximate surface area is 215 Å². The number of nitriles is 1. The van der Waals surface area contributed by atoms with Crippen molar-refractivity contribution >= 4 is 18.0 Å². The lowest BCUT2D eigenvalue weighted by atomic mass is 9.93. The van der Waals surface area contributed by atoms with Crippen LogP contribution < -0.4 is 4.90 Å². The largest absolute Gasteiger partial charge is 0.444 e. The molecule has 0 radical (unpaired) electrons. The molecule has 12 heteroatoms. The van der Waals surface area contributed by atoms with E-state index in [9.17, 15) is 14.9 Å². The van der Waals surface area contributed by atoms with Gasteiger partial charge >= 0.3 is 12.2 Å². The monoisotopic (exact) mass is 508 g/mol. The number of carbonyl (C=O) groups is 2. The SMILES string of the molecule is Cn1cc(Cc2nc(N3CCCC(N4CC5(CN(C(=O)OC(C)(C)C)C5)OC4=O)C3)cnc2C#N)cn1. The number of hydrogen-bond acceptors (Lipinski definition) is 9. The Kier molecular flexibility index (Phi) is 6.17. The van der Waals surface area contributed by atoms with E-state index in [0.717, 1.165) is 24.9 Å². The van der Waals surface area contributed by atoms with Crippen LogP contribution in [-0.4, -0.2) is 91.7 Å². The van der Waals surface area contributed by atoms with Gasteiger partial charge in [-0.05, 0) is 39.2 Å². The molecule has 5 rings (SSSR count). The van der Waals surface area contributed by atoms with Crippen LogP contribution in [0.2, 0.25) is 0 Å². The lowest BCUT2D eigenvalue weighted by Crippen LogP contribution is -2.66. The van der Waals surface area contributed by atoms with Crippen LogP contribution in [0.3, 0.4) is 0 Å². The number of aromatic nitrogens is 4. The molecule has 3 fully saturated rings. The second-order valence-electron chi connectivity index (χ2n) is 11.1. The minimum Gasteiger partial charge on any atom is -0.444 e. The lowest BCUT2D eigenvalue weighted by Gasteiger charge is -2.45. The second kappa shape index (κ2) is 9.21. The van der Waals surface area contributed by atoms with Crippen molar-refractivity contribution in [1.29, 1.82) is 5.26 Å². The van der Waals surface area contributed by atoms with Gasteiger partial charge in [0, 0.05) is 32.8 Å². The predicted molar refractivity (Wildman–Crippen MR) is 132 cm³/mol. The number of ether oxygens (including phenoxy) is 2. The first-order chi connectivity index (χ1) is 17.5. The molecule has 3 aliphatic heterocycles. The molecule has 12 nitrogen and oxygen atoms in total. The molecule has 3 aliphatic rings. The molecule has 1 spiro atoms. The number of amides is 2. The number of nitrogens with zero attached hydrogens (tertiary/aromatic N) is 8. The Morgan fingerprint density at radius 3 is 2.76 bits per heavy atom. The predicted octanol–water partition coefficient (Wildman–Crippen LogP) is 2.08. The number of piperidine rings is 1. The molecule has 2 amide bonds. The summed E-state index contributed by atoms with van der Waals surface area (Å²) < 4.78 is 12.9. The van der Waals surface area contributed by atoms with Crippen LogP contribution in [0.25, 0.3) is 0 Å². The third-order valence-electron chi connectivity index (χ3n) is 6.84. The van der Waals surface area contributed by atoms with E-state index in [-0.39, 0.29) is 12.1 Å². The molecule has 2 aromatic heterocycles. The molecule has 196 valence electrons. The number of rotatable bonds is 4. The van der Waals surface area contributed by atoms with Gasteiger partial charge in [0.05, 0.1) is 43.8 Å². The quantitative estimate of drug-likeness (QED) is 0.609. The van der Waals surface area contributed by atoms with Crippen LogP contribution in [0, 0.1) is 11.3 Å². The van der Waals surface area contributed by atoms with Crippen LogP contribution in [0.15, 0.2) is 18.6 Å². The number of aryl methyl sites for hydroxylation is 1. The van der Waals surface area contributed by atoms with Gasteiger partial charge in [-0.15, -0.1) is 0 Å². The third kappa shape index (κ3) is 5.16. The maximum Gasteiger partial charge on any atom is 0.410 e. The van der Waals surface area contributed by atoms with Crippen LogP contribution in [0.1, 0.15) is 50.6 Å². The summed E-state index contributed by atoms with van der Waals surface area (Å²) >= 11 is 0. The molecule has 1 unspecified atom stereocenters. The molecule has 3 saturated heterocycles. The van der Waals surface area contributed by atoms with Crippen LogP contribution >= 0.6 is 0 Å². The van der Waals surface area contributed by atoms with Crippen LogP contribution in [-0.2, 0) is 22.9 Å². The fraction of sp³-hybridized carbons (Fsp3) is 0.600. The van der Waals surface area contributed by atoms with Gasteiger partial charge < -0.3 is 14.4 Å². The Balaban J connectivity index is 1.24. The molecule has 0 aromatic carbocycles. The summed E-state index contributed by atoms with van der Waals surface area (Å²) in [6, 6.07) is 2.09. The van der Waals surface area contributed by atoms with E-state index >= 15 is 0 Å². The summed E-state index contributed by atoms with van der Waals surface area (Å²) in [6.45, 7) is 7.96. The highest BCUT2D eigenvalue weighted by molar-refractivity contribution is 5.74. The third-order valence-corrected chi connectivity index (χ3v) is 6.84. The number of hydrogen-bond donors (Lipinski definition) is 0. The maximum absolute atomic E-state index is 12.9. The summed E-state index contributed by atoms with van der Waals surface area (Å²) in [5.74, 6) is 0.685. The van der Waals surface area contributed by atoms with Crippen molar-refractivity contribution in [3.05, 3.63) is 35.5 Å². The molecule has 0 saturated carbocycles. The van der Waals surface area contributed by atoms with E-state index < -0.39 is 17.3 Å². The number of anilines is 1. The molecule has 37 heavy (non-hydrogen) atoms. The van der Waals surface area contributed by atoms with E-state index in [4.69, 9.17) is 14.5 Å². The highest BCUT2D eigenvalue weighted by Gasteiger charge is 2.57. The molecule has 5 heterocycles. The van der Waals surface area contributed by atoms with Crippen molar-refractivity contribution in [1.82, 2.24) is 29.5 Å². The minimum atomic E-state index is -0.679. The first-order valence-corrected chi connectivity index (χ1v) is 12.5. The summed E-state index contributed by atoms with van der Waals surface area (Å²) in [4.78, 5) is 39.8. The average molecular weight is 509 g/mol. The normalized spacial score (nSPS) is 21.0. The average Bonchev–Trinajstić information content (AvgIpc) is 3.39. The van der Waals surface area contributed by atoms with Crippen LogP contribution in [0.4, 0.5) is 15.4 Å². The van der Waals surface area contributed by atoms with Crippen LogP contribution in [0.5, 0.6) is 0 Å². The summed E-state index contributed by atoms with van der Waals surface area (Å²) in [5, 5.41) is 13.7. The molecule has 2 aromatic rings. The van der Waals surface area contributed by atoms with Gasteiger partial charge in [0.1, 0.15) is 17.5 Å². The van der Waals surface area contributed by atoms with Gasteiger partial charge in [-0.3, -0.25) is 14.5 Å². The van der Waals surface area contributed by atoms with Crippen molar-refractivity contribution in [3.63, 3.8) is 0 Å². The van der Waals surface area contributed by atoms with Gasteiger partial charge in [0.25, 0.3) is 0 Å². The topological polar surface area (TPSA) is 130 Å². The van der Waals surface area contributed by atoms with E-state index in [2.05, 4.69) is 21.1 Å². The molecule has 0 bridgehead atoms. The first kappa shape index (κ1) is 24.8. The van der Waals surface area contributed by atoms with Gasteiger partial charge in [-0.1, -0.05) is 0 Å². The van der Waals surface area contributed by atoms with Gasteiger partial charge in [-0.25, -0.2) is 19.6 Å². The standard InChI is InChI=1S/C25H32N8O4/c1-24(2,3)36-22(34)32-14-25(15-32)16-33(23(35)37-25)18-6-5-7-31(13-18)21-11-27-20(9-26)19(29-21)8-17-10-28-30(4)12-17/h10-12,18H,5-8,13-16H2,1-4H3. The highest BCUT2D eigenvalue weighted by atomic mass is 16.6. The first-order valence-electron chi connectivity index (χ1n) is 12.5. The van der Waals surface area contributed by atoms with Crippen molar-refractivity contribution in [2.75, 3.05) is 37.6 Å². The zero-order valence-electron chi connectivity index (χ0n) is 21.7. The fourth-order valence-electron chi connectivity index (χ4n) is 5.16. The van der Waals surface area contributed by atoms with E-state index in [1.54, 1.807) is 26.9 Å². The maximum atomic E-state index is 12.9. The Morgan fingerprint density at radius 2 is 2.08 bits per heavy atom. The zero-order valence-corrected chi connectivity index (χ0v) is 21.7. The van der Waals surface area contributed by atoms with Gasteiger partial charge in [0.15, 0.2) is 11.3 Å². The van der Waals surface area contributed by atoms with Crippen molar-refractivity contribution in [2.45, 2.75) is 57.3 Å². The van der Waals surface area contributed by atoms with Gasteiger partial charge in [-0.2, -0.15) is 10.4 Å². The van der Waals surface area contributed by atoms with Gasteiger partial charge in [0.2, 0.25) is 0 Å². The van der Waals surface area contributed by atoms with E-state index in [1.807, 2.05) is 34.0 Å². The number of carbonyl (C=O) groups excluding carboxylic acids is 2. The highest BCUT2D eigenvalue weighted by Crippen LogP contribution is 2.36. The smallest absolute Gasteiger partial charge is 0.410 e. The Hall–Kier alpha value is -3.88.